The van der Waals surface area contributed by atoms with E-state index in [9.17, 15) is 14.6 Å². The first-order valence-corrected chi connectivity index (χ1v) is 12.3. The van der Waals surface area contributed by atoms with Gasteiger partial charge < -0.3 is 15.5 Å². The quantitative estimate of drug-likeness (QED) is 0.322. The Labute approximate surface area is 204 Å². The summed E-state index contributed by atoms with van der Waals surface area (Å²) in [4.78, 5) is 13.0. The molecule has 0 aliphatic heterocycles. The normalized spacial score (nSPS) is 12.9. The van der Waals surface area contributed by atoms with Gasteiger partial charge in [0.05, 0.1) is 35.9 Å². The number of fused-ring (bicyclic) bond motifs is 5. The van der Waals surface area contributed by atoms with Gasteiger partial charge in [0, 0.05) is 42.0 Å². The highest BCUT2D eigenvalue weighted by Crippen LogP contribution is 2.45. The highest BCUT2D eigenvalue weighted by atomic mass is 35.5. The van der Waals surface area contributed by atoms with Crippen LogP contribution in [-0.4, -0.2) is 67.7 Å². The minimum absolute atomic E-state index is 0.0521. The third kappa shape index (κ3) is 4.51. The minimum Gasteiger partial charge on any atom is -0.395 e. The number of aliphatic hydroxyl groups excluding tert-OH is 2. The number of aromatic nitrogens is 4. The second-order valence-corrected chi connectivity index (χ2v) is 9.51. The molecular weight excluding hydrogens is 479 g/mol. The number of hydrogen-bond donors (Lipinski definition) is 3. The molecule has 1 aliphatic carbocycles. The van der Waals surface area contributed by atoms with Gasteiger partial charge in [-0.15, -0.1) is 11.3 Å². The van der Waals surface area contributed by atoms with Gasteiger partial charge in [-0.25, -0.2) is 14.4 Å². The Hall–Kier alpha value is -2.63. The average molecular weight is 503 g/mol. The molecule has 0 atom stereocenters. The molecule has 3 aromatic heterocycles. The molecule has 3 N–H and O–H groups in total. The maximum atomic E-state index is 13.6. The van der Waals surface area contributed by atoms with Crippen LogP contribution in [0, 0.1) is 5.82 Å². The van der Waals surface area contributed by atoms with Gasteiger partial charge in [0.25, 0.3) is 0 Å². The Kier molecular flexibility index (Phi) is 6.75. The number of aliphatic hydroxyl groups is 2. The molecule has 0 unspecified atom stereocenters. The van der Waals surface area contributed by atoms with Crippen LogP contribution in [0.1, 0.15) is 11.3 Å². The molecular formula is C23H24ClFN6O2S. The number of benzene rings is 1. The van der Waals surface area contributed by atoms with Crippen molar-refractivity contribution in [3.8, 4) is 10.4 Å². The Morgan fingerprint density at radius 3 is 2.74 bits per heavy atom. The second-order valence-electron chi connectivity index (χ2n) is 8.11. The lowest BCUT2D eigenvalue weighted by molar-refractivity contribution is 0.156. The zero-order valence-electron chi connectivity index (χ0n) is 18.3. The smallest absolute Gasteiger partial charge is 0.142 e. The molecule has 34 heavy (non-hydrogen) atoms. The summed E-state index contributed by atoms with van der Waals surface area (Å²) >= 11 is 7.57. The van der Waals surface area contributed by atoms with Crippen molar-refractivity contribution in [3.63, 3.8) is 0 Å². The Morgan fingerprint density at radius 2 is 1.97 bits per heavy atom. The largest absolute Gasteiger partial charge is 0.395 e. The van der Waals surface area contributed by atoms with E-state index in [1.807, 2.05) is 9.58 Å². The van der Waals surface area contributed by atoms with Gasteiger partial charge in [-0.2, -0.15) is 5.10 Å². The zero-order valence-corrected chi connectivity index (χ0v) is 19.9. The van der Waals surface area contributed by atoms with Gasteiger partial charge in [0.2, 0.25) is 0 Å². The third-order valence-electron chi connectivity index (χ3n) is 5.94. The average Bonchev–Trinajstić information content (AvgIpc) is 3.42. The topological polar surface area (TPSA) is 99.3 Å². The fourth-order valence-electron chi connectivity index (χ4n) is 4.31. The van der Waals surface area contributed by atoms with E-state index in [1.165, 1.54) is 18.0 Å². The van der Waals surface area contributed by atoms with E-state index >= 15 is 0 Å². The molecule has 11 heteroatoms. The first-order valence-electron chi connectivity index (χ1n) is 11.1. The lowest BCUT2D eigenvalue weighted by Gasteiger charge is -2.19. The van der Waals surface area contributed by atoms with Crippen molar-refractivity contribution in [1.29, 1.82) is 0 Å². The summed E-state index contributed by atoms with van der Waals surface area (Å²) in [6, 6.07) is 4.50. The molecule has 5 rings (SSSR count). The summed E-state index contributed by atoms with van der Waals surface area (Å²) < 4.78 is 15.5. The summed E-state index contributed by atoms with van der Waals surface area (Å²) in [6.07, 6.45) is 5.24. The molecule has 0 spiro atoms. The van der Waals surface area contributed by atoms with E-state index in [-0.39, 0.29) is 18.2 Å². The van der Waals surface area contributed by atoms with Crippen LogP contribution in [0.3, 0.4) is 0 Å². The van der Waals surface area contributed by atoms with Crippen molar-refractivity contribution in [3.05, 3.63) is 52.8 Å². The van der Waals surface area contributed by atoms with Crippen LogP contribution in [0.15, 0.2) is 30.7 Å². The van der Waals surface area contributed by atoms with E-state index in [0.29, 0.717) is 37.7 Å². The van der Waals surface area contributed by atoms with Crippen molar-refractivity contribution >= 4 is 44.7 Å². The highest BCUT2D eigenvalue weighted by Gasteiger charge is 2.26. The summed E-state index contributed by atoms with van der Waals surface area (Å²) in [6.45, 7) is 2.53. The monoisotopic (exact) mass is 502 g/mol. The van der Waals surface area contributed by atoms with Crippen LogP contribution < -0.4 is 5.32 Å². The molecule has 1 aromatic carbocycles. The number of aryl methyl sites for hydroxylation is 2. The third-order valence-corrected chi connectivity index (χ3v) is 7.40. The van der Waals surface area contributed by atoms with Crippen molar-refractivity contribution < 1.29 is 14.6 Å². The molecule has 0 saturated heterocycles. The van der Waals surface area contributed by atoms with Crippen LogP contribution in [0.2, 0.25) is 5.02 Å². The molecule has 178 valence electrons. The molecule has 0 radical (unpaired) electrons. The second kappa shape index (κ2) is 9.93. The van der Waals surface area contributed by atoms with Gasteiger partial charge >= 0.3 is 0 Å². The van der Waals surface area contributed by atoms with E-state index in [0.717, 1.165) is 39.2 Å². The van der Waals surface area contributed by atoms with Crippen LogP contribution in [-0.2, 0) is 19.4 Å². The van der Waals surface area contributed by atoms with E-state index < -0.39 is 5.82 Å². The van der Waals surface area contributed by atoms with E-state index in [1.54, 1.807) is 23.5 Å². The number of thiophene rings is 1. The summed E-state index contributed by atoms with van der Waals surface area (Å²) in [7, 11) is 0. The van der Waals surface area contributed by atoms with Gasteiger partial charge in [0.1, 0.15) is 22.8 Å². The molecule has 1 aliphatic rings. The standard InChI is InChI=1S/C23H24ClFN6O2S/c24-17-11-14(1-3-18(17)25)28-22-20-15-2-4-19-16(21(15)34-23(20)27-13-26-22)12-31(29-19)6-5-30(7-9-32)8-10-33/h1,3,11-13,32-33H,2,4-10H2,(H,26,27,28). The molecule has 0 saturated carbocycles. The fourth-order valence-corrected chi connectivity index (χ4v) is 5.71. The fraction of sp³-hybridized carbons (Fsp3) is 0.348. The first-order chi connectivity index (χ1) is 16.6. The lowest BCUT2D eigenvalue weighted by Crippen LogP contribution is -2.33. The zero-order chi connectivity index (χ0) is 23.7. The van der Waals surface area contributed by atoms with Crippen molar-refractivity contribution in [2.75, 3.05) is 38.2 Å². The number of hydrogen-bond acceptors (Lipinski definition) is 8. The van der Waals surface area contributed by atoms with Gasteiger partial charge in [-0.3, -0.25) is 9.58 Å². The van der Waals surface area contributed by atoms with Gasteiger partial charge in [-0.1, -0.05) is 11.6 Å². The summed E-state index contributed by atoms with van der Waals surface area (Å²) in [5.41, 5.74) is 4.01. The molecule has 0 amide bonds. The molecule has 0 fully saturated rings. The predicted octanol–water partition coefficient (Wildman–Crippen LogP) is 3.48. The Bertz CT molecular complexity index is 1320. The van der Waals surface area contributed by atoms with E-state index in [2.05, 4.69) is 21.5 Å². The predicted molar refractivity (Wildman–Crippen MR) is 131 cm³/mol. The maximum absolute atomic E-state index is 13.6. The number of anilines is 2. The van der Waals surface area contributed by atoms with Crippen LogP contribution in [0.5, 0.6) is 0 Å². The highest BCUT2D eigenvalue weighted by molar-refractivity contribution is 7.22. The first kappa shape index (κ1) is 23.1. The number of rotatable bonds is 9. The molecule has 0 bridgehead atoms. The summed E-state index contributed by atoms with van der Waals surface area (Å²) in [5.74, 6) is 0.206. The Morgan fingerprint density at radius 1 is 1.15 bits per heavy atom. The number of nitrogens with zero attached hydrogens (tertiary/aromatic N) is 5. The van der Waals surface area contributed by atoms with Gasteiger partial charge in [0.15, 0.2) is 0 Å². The minimum atomic E-state index is -0.464. The van der Waals surface area contributed by atoms with Crippen molar-refractivity contribution in [2.24, 2.45) is 0 Å². The van der Waals surface area contributed by atoms with Crippen LogP contribution in [0.4, 0.5) is 15.9 Å². The SMILES string of the molecule is OCCN(CCO)CCn1cc2c(n1)CCc1c-2sc2ncnc(Nc3ccc(F)c(Cl)c3)c12. The number of nitrogens with one attached hydrogen (secondary N) is 1. The van der Waals surface area contributed by atoms with Crippen LogP contribution in [0.25, 0.3) is 20.7 Å². The molecule has 8 nitrogen and oxygen atoms in total. The van der Waals surface area contributed by atoms with Crippen LogP contribution >= 0.6 is 22.9 Å². The lowest BCUT2D eigenvalue weighted by atomic mass is 9.95. The van der Waals surface area contributed by atoms with E-state index in [4.69, 9.17) is 16.7 Å². The molecule has 3 heterocycles. The van der Waals surface area contributed by atoms with Gasteiger partial charge in [-0.05, 0) is 36.6 Å². The molecule has 4 aromatic rings. The maximum Gasteiger partial charge on any atom is 0.142 e. The Balaban J connectivity index is 1.44. The van der Waals surface area contributed by atoms with Crippen molar-refractivity contribution in [2.45, 2.75) is 19.4 Å². The summed E-state index contributed by atoms with van der Waals surface area (Å²) in [5, 5.41) is 27.5. The number of halogens is 2. The van der Waals surface area contributed by atoms with Crippen molar-refractivity contribution in [1.82, 2.24) is 24.6 Å².